The van der Waals surface area contributed by atoms with Gasteiger partial charge in [0.2, 0.25) is 0 Å². The minimum Gasteiger partial charge on any atom is -0.349 e. The number of anilines is 1. The van der Waals surface area contributed by atoms with Gasteiger partial charge in [-0.2, -0.15) is 11.3 Å². The highest BCUT2D eigenvalue weighted by Gasteiger charge is 2.23. The summed E-state index contributed by atoms with van der Waals surface area (Å²) in [6.07, 6.45) is 5.65. The van der Waals surface area contributed by atoms with E-state index in [-0.39, 0.29) is 17.9 Å². The molecule has 0 saturated heterocycles. The number of carbonyl (C=O) groups is 2. The molecule has 0 bridgehead atoms. The Hall–Kier alpha value is -2.14. The van der Waals surface area contributed by atoms with Crippen molar-refractivity contribution in [3.8, 4) is 0 Å². The van der Waals surface area contributed by atoms with Crippen LogP contribution in [0.3, 0.4) is 0 Å². The first-order chi connectivity index (χ1) is 12.2. The van der Waals surface area contributed by atoms with E-state index in [1.807, 2.05) is 17.5 Å². The Bertz CT molecular complexity index is 719. The minimum atomic E-state index is -0.190. The molecule has 1 saturated carbocycles. The fraction of sp³-hybridized carbons (Fsp3) is 0.400. The van der Waals surface area contributed by atoms with E-state index in [4.69, 9.17) is 0 Å². The maximum Gasteiger partial charge on any atom is 0.256 e. The molecule has 1 heterocycles. The Kier molecular flexibility index (Phi) is 5.87. The van der Waals surface area contributed by atoms with Gasteiger partial charge in [-0.15, -0.1) is 0 Å². The normalized spacial score (nSPS) is 20.0. The molecule has 1 aromatic carbocycles. The quantitative estimate of drug-likeness (QED) is 0.816. The van der Waals surface area contributed by atoms with E-state index in [2.05, 4.69) is 17.6 Å². The van der Waals surface area contributed by atoms with Crippen molar-refractivity contribution < 1.29 is 9.59 Å². The molecule has 1 aliphatic carbocycles. The van der Waals surface area contributed by atoms with Gasteiger partial charge in [0.15, 0.2) is 0 Å². The van der Waals surface area contributed by atoms with E-state index in [9.17, 15) is 9.59 Å². The number of hydrogen-bond acceptors (Lipinski definition) is 3. The first-order valence-corrected chi connectivity index (χ1v) is 9.85. The molecule has 4 nitrogen and oxygen atoms in total. The summed E-state index contributed by atoms with van der Waals surface area (Å²) in [6, 6.07) is 9.18. The number of carbonyl (C=O) groups excluding carboxylic acids is 2. The van der Waals surface area contributed by atoms with Crippen molar-refractivity contribution in [2.75, 3.05) is 5.32 Å². The second-order valence-electron chi connectivity index (χ2n) is 6.61. The highest BCUT2D eigenvalue weighted by molar-refractivity contribution is 7.08. The van der Waals surface area contributed by atoms with Gasteiger partial charge in [-0.25, -0.2) is 0 Å². The maximum absolute atomic E-state index is 12.7. The fourth-order valence-electron chi connectivity index (χ4n) is 3.36. The molecule has 1 aromatic heterocycles. The number of benzene rings is 1. The first-order valence-electron chi connectivity index (χ1n) is 8.90. The Labute approximate surface area is 152 Å². The summed E-state index contributed by atoms with van der Waals surface area (Å²) in [5, 5.41) is 9.65. The summed E-state index contributed by atoms with van der Waals surface area (Å²) >= 11 is 1.47. The second kappa shape index (κ2) is 8.30. The SMILES string of the molecule is CCC1CCC(NC(=O)c2ccccc2NC(=O)c2ccsc2)CC1. The number of rotatable bonds is 5. The third-order valence-electron chi connectivity index (χ3n) is 4.96. The second-order valence-corrected chi connectivity index (χ2v) is 7.39. The third-order valence-corrected chi connectivity index (χ3v) is 5.65. The Morgan fingerprint density at radius 2 is 1.84 bits per heavy atom. The van der Waals surface area contributed by atoms with E-state index in [1.54, 1.807) is 23.6 Å². The molecule has 132 valence electrons. The summed E-state index contributed by atoms with van der Waals surface area (Å²) in [5.74, 6) is 0.497. The van der Waals surface area contributed by atoms with Crippen molar-refractivity contribution in [3.63, 3.8) is 0 Å². The molecular formula is C20H24N2O2S. The molecule has 2 N–H and O–H groups in total. The lowest BCUT2D eigenvalue weighted by Gasteiger charge is -2.28. The van der Waals surface area contributed by atoms with Gasteiger partial charge < -0.3 is 10.6 Å². The maximum atomic E-state index is 12.7. The zero-order chi connectivity index (χ0) is 17.6. The van der Waals surface area contributed by atoms with Crippen LogP contribution < -0.4 is 10.6 Å². The molecule has 0 atom stereocenters. The number of thiophene rings is 1. The van der Waals surface area contributed by atoms with Crippen LogP contribution in [-0.2, 0) is 0 Å². The lowest BCUT2D eigenvalue weighted by atomic mass is 9.84. The largest absolute Gasteiger partial charge is 0.349 e. The van der Waals surface area contributed by atoms with Crippen molar-refractivity contribution >= 4 is 28.8 Å². The Balaban J connectivity index is 1.66. The van der Waals surface area contributed by atoms with Crippen LogP contribution in [-0.4, -0.2) is 17.9 Å². The molecule has 1 fully saturated rings. The summed E-state index contributed by atoms with van der Waals surface area (Å²) in [7, 11) is 0. The lowest BCUT2D eigenvalue weighted by molar-refractivity contribution is 0.0922. The first kappa shape index (κ1) is 17.7. The van der Waals surface area contributed by atoms with Crippen LogP contribution in [0.1, 0.15) is 59.7 Å². The number of nitrogens with one attached hydrogen (secondary N) is 2. The van der Waals surface area contributed by atoms with E-state index in [1.165, 1.54) is 30.6 Å². The molecule has 3 rings (SSSR count). The number of hydrogen-bond donors (Lipinski definition) is 2. The molecule has 0 radical (unpaired) electrons. The molecule has 25 heavy (non-hydrogen) atoms. The number of amides is 2. The molecule has 0 unspecified atom stereocenters. The van der Waals surface area contributed by atoms with E-state index >= 15 is 0 Å². The van der Waals surface area contributed by atoms with Gasteiger partial charge >= 0.3 is 0 Å². The van der Waals surface area contributed by atoms with Crippen molar-refractivity contribution in [1.82, 2.24) is 5.32 Å². The molecule has 0 aliphatic heterocycles. The van der Waals surface area contributed by atoms with Crippen molar-refractivity contribution in [3.05, 3.63) is 52.2 Å². The van der Waals surface area contributed by atoms with Crippen molar-refractivity contribution in [2.24, 2.45) is 5.92 Å². The van der Waals surface area contributed by atoms with Crippen LogP contribution in [0.15, 0.2) is 41.1 Å². The number of para-hydroxylation sites is 1. The molecule has 5 heteroatoms. The molecule has 2 aromatic rings. The molecular weight excluding hydrogens is 332 g/mol. The highest BCUT2D eigenvalue weighted by atomic mass is 32.1. The van der Waals surface area contributed by atoms with Gasteiger partial charge in [-0.05, 0) is 55.2 Å². The predicted octanol–water partition coefficient (Wildman–Crippen LogP) is 4.70. The Morgan fingerprint density at radius 3 is 2.52 bits per heavy atom. The van der Waals surface area contributed by atoms with Crippen LogP contribution in [0.2, 0.25) is 0 Å². The van der Waals surface area contributed by atoms with Crippen LogP contribution in [0.4, 0.5) is 5.69 Å². The van der Waals surface area contributed by atoms with Crippen LogP contribution in [0.25, 0.3) is 0 Å². The summed E-state index contributed by atoms with van der Waals surface area (Å²) in [5.41, 5.74) is 1.68. The van der Waals surface area contributed by atoms with E-state index in [0.717, 1.165) is 18.8 Å². The van der Waals surface area contributed by atoms with Crippen LogP contribution in [0.5, 0.6) is 0 Å². The topological polar surface area (TPSA) is 58.2 Å². The van der Waals surface area contributed by atoms with Gasteiger partial charge in [0, 0.05) is 11.4 Å². The zero-order valence-corrected chi connectivity index (χ0v) is 15.3. The van der Waals surface area contributed by atoms with Gasteiger partial charge in [0.25, 0.3) is 11.8 Å². The predicted molar refractivity (Wildman–Crippen MR) is 102 cm³/mol. The van der Waals surface area contributed by atoms with Crippen molar-refractivity contribution in [1.29, 1.82) is 0 Å². The van der Waals surface area contributed by atoms with Crippen molar-refractivity contribution in [2.45, 2.75) is 45.1 Å². The summed E-state index contributed by atoms with van der Waals surface area (Å²) in [6.45, 7) is 2.23. The third kappa shape index (κ3) is 4.48. The van der Waals surface area contributed by atoms with Gasteiger partial charge in [0.05, 0.1) is 16.8 Å². The zero-order valence-electron chi connectivity index (χ0n) is 14.5. The average Bonchev–Trinajstić information content (AvgIpc) is 3.17. The van der Waals surface area contributed by atoms with Gasteiger partial charge in [0.1, 0.15) is 0 Å². The molecule has 0 spiro atoms. The average molecular weight is 356 g/mol. The van der Waals surface area contributed by atoms with E-state index < -0.39 is 0 Å². The smallest absolute Gasteiger partial charge is 0.256 e. The van der Waals surface area contributed by atoms with Gasteiger partial charge in [-0.1, -0.05) is 25.5 Å². The monoisotopic (exact) mass is 356 g/mol. The molecule has 1 aliphatic rings. The Morgan fingerprint density at radius 1 is 1.08 bits per heavy atom. The van der Waals surface area contributed by atoms with E-state index in [0.29, 0.717) is 16.8 Å². The fourth-order valence-corrected chi connectivity index (χ4v) is 3.99. The van der Waals surface area contributed by atoms with Crippen LogP contribution >= 0.6 is 11.3 Å². The minimum absolute atomic E-state index is 0.110. The molecule has 2 amide bonds. The standard InChI is InChI=1S/C20H24N2O2S/c1-2-14-7-9-16(10-8-14)21-20(24)17-5-3-4-6-18(17)22-19(23)15-11-12-25-13-15/h3-6,11-14,16H,2,7-10H2,1H3,(H,21,24)(H,22,23). The summed E-state index contributed by atoms with van der Waals surface area (Å²) < 4.78 is 0. The van der Waals surface area contributed by atoms with Crippen LogP contribution in [0, 0.1) is 5.92 Å². The summed E-state index contributed by atoms with van der Waals surface area (Å²) in [4.78, 5) is 25.0. The highest BCUT2D eigenvalue weighted by Crippen LogP contribution is 2.27. The lowest BCUT2D eigenvalue weighted by Crippen LogP contribution is -2.38. The van der Waals surface area contributed by atoms with Gasteiger partial charge in [-0.3, -0.25) is 9.59 Å².